The third kappa shape index (κ3) is 8.35. The average molecular weight is 583 g/mol. The molecule has 4 aromatic rings. The van der Waals surface area contributed by atoms with Gasteiger partial charge in [-0.25, -0.2) is 4.98 Å². The van der Waals surface area contributed by atoms with E-state index < -0.39 is 10.5 Å². The van der Waals surface area contributed by atoms with E-state index in [0.717, 1.165) is 5.75 Å². The summed E-state index contributed by atoms with van der Waals surface area (Å²) in [5, 5.41) is 18.9. The maximum absolute atomic E-state index is 10.3. The second-order valence-corrected chi connectivity index (χ2v) is 8.05. The topological polar surface area (TPSA) is 216 Å². The maximum atomic E-state index is 10.3. The van der Waals surface area contributed by atoms with Gasteiger partial charge in [0.25, 0.3) is 17.3 Å². The van der Waals surface area contributed by atoms with Crippen molar-refractivity contribution in [1.82, 2.24) is 19.9 Å². The number of pyridine rings is 4. The highest BCUT2D eigenvalue weighted by Crippen LogP contribution is 2.30. The smallest absolute Gasteiger partial charge is 0.371 e. The molecule has 0 fully saturated rings. The van der Waals surface area contributed by atoms with Crippen LogP contribution in [0.2, 0.25) is 0 Å². The summed E-state index contributed by atoms with van der Waals surface area (Å²) in [5.41, 5.74) is 4.98. The number of nitrogens with zero attached hydrogens (tertiary/aromatic N) is 4. The van der Waals surface area contributed by atoms with Crippen molar-refractivity contribution < 1.29 is 38.5 Å². The summed E-state index contributed by atoms with van der Waals surface area (Å²) in [7, 11) is 0. The van der Waals surface area contributed by atoms with Crippen LogP contribution in [-0.2, 0) is 0 Å². The van der Waals surface area contributed by atoms with Crippen LogP contribution in [0.5, 0.6) is 40.6 Å². The van der Waals surface area contributed by atoms with E-state index >= 15 is 0 Å². The fourth-order valence-electron chi connectivity index (χ4n) is 3.26. The number of nitro groups is 1. The van der Waals surface area contributed by atoms with Gasteiger partial charge in [-0.2, -0.15) is 4.98 Å². The number of fused-ring (bicyclic) bond motifs is 3. The first-order valence-corrected chi connectivity index (χ1v) is 12.4. The minimum Gasteiger partial charge on any atom is -0.503 e. The van der Waals surface area contributed by atoms with Gasteiger partial charge in [0, 0.05) is 23.4 Å². The van der Waals surface area contributed by atoms with E-state index in [1.807, 2.05) is 12.1 Å². The highest BCUT2D eigenvalue weighted by Gasteiger charge is 2.21. The molecule has 0 aliphatic carbocycles. The number of nitrogen functional groups attached to an aromatic ring is 1. The van der Waals surface area contributed by atoms with E-state index in [2.05, 4.69) is 19.9 Å². The minimum absolute atomic E-state index is 0.195. The molecule has 0 amide bonds. The van der Waals surface area contributed by atoms with Crippen LogP contribution in [0, 0.1) is 10.1 Å². The van der Waals surface area contributed by atoms with Crippen LogP contribution in [0.1, 0.15) is 0 Å². The second kappa shape index (κ2) is 14.5. The van der Waals surface area contributed by atoms with Crippen molar-refractivity contribution in [2.45, 2.75) is 0 Å². The summed E-state index contributed by atoms with van der Waals surface area (Å²) < 4.78 is 31.1. The average Bonchev–Trinajstić information content (AvgIpc) is 3.03. The Hall–Kier alpha value is -5.80. The van der Waals surface area contributed by atoms with Gasteiger partial charge in [-0.3, -0.25) is 4.79 Å². The third-order valence-electron chi connectivity index (χ3n) is 5.12. The Balaban J connectivity index is 0.000000130. The molecule has 0 bridgehead atoms. The van der Waals surface area contributed by atoms with Gasteiger partial charge in [-0.15, -0.1) is 0 Å². The van der Waals surface area contributed by atoms with Gasteiger partial charge in [-0.05, 0) is 47.4 Å². The predicted octanol–water partition coefficient (Wildman–Crippen LogP) is 2.13. The lowest BCUT2D eigenvalue weighted by Gasteiger charge is -2.16. The number of hydrogen-bond acceptors (Lipinski definition) is 14. The molecule has 7 heterocycles. The number of H-pyrrole nitrogens is 1. The zero-order chi connectivity index (χ0) is 29.7. The summed E-state index contributed by atoms with van der Waals surface area (Å²) in [4.78, 5) is 34.0. The molecule has 220 valence electrons. The van der Waals surface area contributed by atoms with E-state index in [4.69, 9.17) is 39.3 Å². The second-order valence-electron chi connectivity index (χ2n) is 8.05. The van der Waals surface area contributed by atoms with Crippen molar-refractivity contribution in [2.24, 2.45) is 0 Å². The summed E-state index contributed by atoms with van der Waals surface area (Å²) in [6.45, 7) is 3.18. The summed E-state index contributed by atoms with van der Waals surface area (Å²) >= 11 is 0. The number of aromatic amines is 1. The number of hydrogen-bond donors (Lipinski definition) is 3. The molecule has 0 radical (unpaired) electrons. The van der Waals surface area contributed by atoms with Crippen molar-refractivity contribution >= 4 is 11.6 Å². The molecule has 0 saturated heterocycles. The van der Waals surface area contributed by atoms with Crippen molar-refractivity contribution in [3.8, 4) is 40.6 Å². The maximum Gasteiger partial charge on any atom is 0.371 e. The molecule has 0 unspecified atom stereocenters. The molecule has 0 atom stereocenters. The molecule has 4 N–H and O–H groups in total. The van der Waals surface area contributed by atoms with Crippen LogP contribution in [0.3, 0.4) is 0 Å². The number of aromatic hydroxyl groups is 1. The Labute approximate surface area is 237 Å². The molecule has 0 aromatic carbocycles. The molecular weight excluding hydrogens is 556 g/mol. The molecule has 3 aliphatic heterocycles. The lowest BCUT2D eigenvalue weighted by atomic mass is 10.4. The fraction of sp³-hybridized carbons (Fsp3) is 0.231. The molecular formula is C26H26N6O10. The Bertz CT molecular complexity index is 1530. The van der Waals surface area contributed by atoms with E-state index in [9.17, 15) is 14.9 Å². The lowest BCUT2D eigenvalue weighted by Crippen LogP contribution is -2.16. The minimum atomic E-state index is -0.571. The van der Waals surface area contributed by atoms with E-state index in [-0.39, 0.29) is 17.4 Å². The zero-order valence-electron chi connectivity index (χ0n) is 22.0. The molecule has 0 saturated carbocycles. The number of ether oxygens (including phenoxy) is 6. The summed E-state index contributed by atoms with van der Waals surface area (Å²) in [6.07, 6.45) is 3.15. The molecule has 0 spiro atoms. The molecule has 16 heteroatoms. The van der Waals surface area contributed by atoms with Crippen LogP contribution < -0.4 is 39.7 Å². The van der Waals surface area contributed by atoms with Gasteiger partial charge >= 0.3 is 11.7 Å². The van der Waals surface area contributed by atoms with Crippen LogP contribution in [-0.4, -0.2) is 69.6 Å². The summed E-state index contributed by atoms with van der Waals surface area (Å²) in [6, 6.07) is 12.8. The van der Waals surface area contributed by atoms with Crippen molar-refractivity contribution in [3.05, 3.63) is 81.4 Å². The molecule has 3 aliphatic rings. The normalized spacial score (nSPS) is 13.3. The van der Waals surface area contributed by atoms with Crippen LogP contribution in [0.15, 0.2) is 65.7 Å². The van der Waals surface area contributed by atoms with Gasteiger partial charge in [0.1, 0.15) is 45.5 Å². The predicted molar refractivity (Wildman–Crippen MR) is 145 cm³/mol. The largest absolute Gasteiger partial charge is 0.503 e. The molecule has 16 nitrogen and oxygen atoms in total. The van der Waals surface area contributed by atoms with Gasteiger partial charge < -0.3 is 54.4 Å². The molecule has 7 rings (SSSR count). The number of nitrogens with two attached hydrogens (primary N) is 1. The first kappa shape index (κ1) is 29.2. The highest BCUT2D eigenvalue weighted by molar-refractivity contribution is 5.42. The van der Waals surface area contributed by atoms with Gasteiger partial charge in [0.15, 0.2) is 17.2 Å². The monoisotopic (exact) mass is 582 g/mol. The first-order chi connectivity index (χ1) is 20.4. The standard InChI is InChI=1S/C7H6N2O4.C7H8N2O2.C7H7NO2.C5H5NO2/c10-9(11)6-2-1-5-7(8-6)13-4-3-12-5;8-6-2-1-5-7(9-6)11-4-3-10-5;1-2-6-7(8-3-1)10-5-4-9-6;7-4-2-1-3-6-5(4)8/h1-2H,3-4H2;1-2H,3-4H2,(H2,8,9);1-3H,4-5H2;1-3,7H,(H,6,8). The fourth-order valence-corrected chi connectivity index (χ4v) is 3.26. The third-order valence-corrected chi connectivity index (χ3v) is 5.12. The Morgan fingerprint density at radius 1 is 0.762 bits per heavy atom. The number of nitrogens with one attached hydrogen (secondary N) is 1. The number of aromatic nitrogens is 4. The van der Waals surface area contributed by atoms with E-state index in [0.29, 0.717) is 68.7 Å². The van der Waals surface area contributed by atoms with E-state index in [1.54, 1.807) is 24.4 Å². The quantitative estimate of drug-likeness (QED) is 0.216. The van der Waals surface area contributed by atoms with Crippen molar-refractivity contribution in [2.75, 3.05) is 45.4 Å². The van der Waals surface area contributed by atoms with Gasteiger partial charge in [0.05, 0.1) is 0 Å². The number of rotatable bonds is 1. The summed E-state index contributed by atoms with van der Waals surface area (Å²) in [5.74, 6) is 3.15. The van der Waals surface area contributed by atoms with Gasteiger partial charge in [0.2, 0.25) is 5.75 Å². The van der Waals surface area contributed by atoms with E-state index in [1.165, 1.54) is 24.4 Å². The zero-order valence-corrected chi connectivity index (χ0v) is 22.0. The van der Waals surface area contributed by atoms with Crippen molar-refractivity contribution in [3.63, 3.8) is 0 Å². The first-order valence-electron chi connectivity index (χ1n) is 12.4. The van der Waals surface area contributed by atoms with Crippen LogP contribution >= 0.6 is 0 Å². The molecule has 42 heavy (non-hydrogen) atoms. The molecule has 4 aromatic heterocycles. The Kier molecular flexibility index (Phi) is 10.1. The Morgan fingerprint density at radius 2 is 1.33 bits per heavy atom. The van der Waals surface area contributed by atoms with Crippen LogP contribution in [0.4, 0.5) is 11.6 Å². The van der Waals surface area contributed by atoms with Crippen LogP contribution in [0.25, 0.3) is 0 Å². The highest BCUT2D eigenvalue weighted by atomic mass is 16.6. The Morgan fingerprint density at radius 3 is 1.90 bits per heavy atom. The SMILES string of the molecule is Nc1ccc2c(n1)OCCO2.O=[N+]([O-])c1ccc2c(n1)OCCO2.O=c1[nH]cccc1O.c1cnc2c(c1)OCCO2. The van der Waals surface area contributed by atoms with Gasteiger partial charge in [-0.1, -0.05) is 0 Å². The number of anilines is 1. The lowest BCUT2D eigenvalue weighted by molar-refractivity contribution is -0.389. The van der Waals surface area contributed by atoms with Crippen molar-refractivity contribution in [1.29, 1.82) is 0 Å².